The number of likely N-dealkylation sites (N-methyl/N-ethyl adjacent to an activating group) is 1. The standard InChI is InChI=1S/C17H29N3O5S2/c1-4-15(2)19(3)10-9-18-26(21,22)16-5-7-17(8-6-16)27(23,24)20-11-13-25-14-12-20/h5-8,15,18H,4,9-14H2,1-3H3. The number of hydrogen-bond acceptors (Lipinski definition) is 6. The monoisotopic (exact) mass is 419 g/mol. The molecule has 1 aromatic carbocycles. The predicted octanol–water partition coefficient (Wildman–Crippen LogP) is 0.716. The first-order valence-corrected chi connectivity index (χ1v) is 12.0. The molecule has 1 unspecified atom stereocenters. The maximum atomic E-state index is 12.6. The Labute approximate surface area is 162 Å². The van der Waals surface area contributed by atoms with Crippen molar-refractivity contribution in [2.75, 3.05) is 46.4 Å². The molecule has 1 aliphatic heterocycles. The smallest absolute Gasteiger partial charge is 0.243 e. The largest absolute Gasteiger partial charge is 0.379 e. The fraction of sp³-hybridized carbons (Fsp3) is 0.647. The number of nitrogens with zero attached hydrogens (tertiary/aromatic N) is 2. The van der Waals surface area contributed by atoms with Gasteiger partial charge in [0.15, 0.2) is 0 Å². The van der Waals surface area contributed by atoms with Crippen molar-refractivity contribution in [3.8, 4) is 0 Å². The highest BCUT2D eigenvalue weighted by atomic mass is 32.2. The van der Waals surface area contributed by atoms with E-state index in [1.807, 2.05) is 7.05 Å². The third-order valence-electron chi connectivity index (χ3n) is 4.84. The van der Waals surface area contributed by atoms with Crippen LogP contribution in [0.2, 0.25) is 0 Å². The van der Waals surface area contributed by atoms with E-state index in [0.717, 1.165) is 6.42 Å². The van der Waals surface area contributed by atoms with Gasteiger partial charge in [-0.1, -0.05) is 6.92 Å². The Balaban J connectivity index is 2.02. The molecule has 8 nitrogen and oxygen atoms in total. The molecule has 1 saturated heterocycles. The van der Waals surface area contributed by atoms with E-state index in [-0.39, 0.29) is 16.3 Å². The molecule has 0 aliphatic carbocycles. The number of benzene rings is 1. The summed E-state index contributed by atoms with van der Waals surface area (Å²) in [6.45, 7) is 6.37. The summed E-state index contributed by atoms with van der Waals surface area (Å²) in [5.74, 6) is 0. The molecule has 10 heteroatoms. The Hall–Kier alpha value is -1.04. The van der Waals surface area contributed by atoms with E-state index in [4.69, 9.17) is 4.74 Å². The van der Waals surface area contributed by atoms with Crippen LogP contribution in [0.25, 0.3) is 0 Å². The highest BCUT2D eigenvalue weighted by Crippen LogP contribution is 2.19. The van der Waals surface area contributed by atoms with Crippen molar-refractivity contribution in [1.82, 2.24) is 13.9 Å². The lowest BCUT2D eigenvalue weighted by Crippen LogP contribution is -2.40. The first kappa shape index (κ1) is 22.3. The summed E-state index contributed by atoms with van der Waals surface area (Å²) in [4.78, 5) is 2.22. The first-order valence-electron chi connectivity index (χ1n) is 9.06. The maximum Gasteiger partial charge on any atom is 0.243 e. The minimum atomic E-state index is -3.68. The van der Waals surface area contributed by atoms with Gasteiger partial charge in [-0.2, -0.15) is 4.31 Å². The third kappa shape index (κ3) is 5.72. The van der Waals surface area contributed by atoms with Crippen LogP contribution in [0.1, 0.15) is 20.3 Å². The number of sulfonamides is 2. The van der Waals surface area contributed by atoms with Crippen LogP contribution in [0.3, 0.4) is 0 Å². The Morgan fingerprint density at radius 1 is 1.11 bits per heavy atom. The number of morpholine rings is 1. The molecule has 1 aliphatic rings. The summed E-state index contributed by atoms with van der Waals surface area (Å²) in [7, 11) is -5.36. The molecule has 1 aromatic rings. The van der Waals surface area contributed by atoms with Crippen LogP contribution in [-0.4, -0.2) is 78.5 Å². The van der Waals surface area contributed by atoms with Gasteiger partial charge in [0.05, 0.1) is 23.0 Å². The summed E-state index contributed by atoms with van der Waals surface area (Å²) in [5.41, 5.74) is 0. The summed E-state index contributed by atoms with van der Waals surface area (Å²) in [6.07, 6.45) is 0.988. The highest BCUT2D eigenvalue weighted by molar-refractivity contribution is 7.89. The van der Waals surface area contributed by atoms with Gasteiger partial charge in [-0.3, -0.25) is 0 Å². The molecule has 2 rings (SSSR count). The lowest BCUT2D eigenvalue weighted by molar-refractivity contribution is 0.0730. The highest BCUT2D eigenvalue weighted by Gasteiger charge is 2.26. The molecule has 0 radical (unpaired) electrons. The van der Waals surface area contributed by atoms with Gasteiger partial charge >= 0.3 is 0 Å². The van der Waals surface area contributed by atoms with Crippen molar-refractivity contribution in [3.63, 3.8) is 0 Å². The Bertz CT molecular complexity index is 803. The Morgan fingerprint density at radius 2 is 1.67 bits per heavy atom. The van der Waals surface area contributed by atoms with Gasteiger partial charge in [0.2, 0.25) is 20.0 Å². The van der Waals surface area contributed by atoms with E-state index >= 15 is 0 Å². The van der Waals surface area contributed by atoms with Gasteiger partial charge < -0.3 is 9.64 Å². The SMILES string of the molecule is CCC(C)N(C)CCNS(=O)(=O)c1ccc(S(=O)(=O)N2CCOCC2)cc1. The second-order valence-electron chi connectivity index (χ2n) is 6.62. The van der Waals surface area contributed by atoms with Crippen LogP contribution in [0.15, 0.2) is 34.1 Å². The quantitative estimate of drug-likeness (QED) is 0.634. The van der Waals surface area contributed by atoms with Crippen molar-refractivity contribution in [2.24, 2.45) is 0 Å². The molecule has 0 saturated carbocycles. The number of nitrogens with one attached hydrogen (secondary N) is 1. The molecule has 0 aromatic heterocycles. The molecule has 1 fully saturated rings. The summed E-state index contributed by atoms with van der Waals surface area (Å²) in [5, 5.41) is 0. The normalized spacial score (nSPS) is 17.9. The lowest BCUT2D eigenvalue weighted by atomic mass is 10.2. The van der Waals surface area contributed by atoms with Crippen molar-refractivity contribution in [1.29, 1.82) is 0 Å². The maximum absolute atomic E-state index is 12.6. The Kier molecular flexibility index (Phi) is 7.78. The van der Waals surface area contributed by atoms with Crippen LogP contribution < -0.4 is 4.72 Å². The van der Waals surface area contributed by atoms with Gasteiger partial charge in [0.25, 0.3) is 0 Å². The van der Waals surface area contributed by atoms with Gasteiger partial charge in [0.1, 0.15) is 0 Å². The fourth-order valence-corrected chi connectivity index (χ4v) is 5.13. The third-order valence-corrected chi connectivity index (χ3v) is 8.23. The second-order valence-corrected chi connectivity index (χ2v) is 10.3. The van der Waals surface area contributed by atoms with Crippen LogP contribution >= 0.6 is 0 Å². The van der Waals surface area contributed by atoms with Gasteiger partial charge in [-0.25, -0.2) is 21.6 Å². The summed E-state index contributed by atoms with van der Waals surface area (Å²) in [6, 6.07) is 5.70. The zero-order chi connectivity index (χ0) is 20.1. The lowest BCUT2D eigenvalue weighted by Gasteiger charge is -2.26. The molecular formula is C17H29N3O5S2. The molecule has 154 valence electrons. The molecule has 0 amide bonds. The number of ether oxygens (including phenoxy) is 1. The fourth-order valence-electron chi connectivity index (χ4n) is 2.70. The van der Waals surface area contributed by atoms with E-state index in [2.05, 4.69) is 23.5 Å². The second kappa shape index (κ2) is 9.44. The topological polar surface area (TPSA) is 96.0 Å². The van der Waals surface area contributed by atoms with Gasteiger partial charge in [-0.05, 0) is 44.7 Å². The Morgan fingerprint density at radius 3 is 2.22 bits per heavy atom. The van der Waals surface area contributed by atoms with Gasteiger partial charge in [-0.15, -0.1) is 0 Å². The van der Waals surface area contributed by atoms with Crippen molar-refractivity contribution < 1.29 is 21.6 Å². The number of rotatable bonds is 9. The van der Waals surface area contributed by atoms with E-state index in [9.17, 15) is 16.8 Å². The summed E-state index contributed by atoms with van der Waals surface area (Å²) < 4.78 is 59.1. The van der Waals surface area contributed by atoms with Crippen molar-refractivity contribution in [3.05, 3.63) is 24.3 Å². The zero-order valence-corrected chi connectivity index (χ0v) is 17.7. The van der Waals surface area contributed by atoms with Crippen LogP contribution in [0, 0.1) is 0 Å². The molecule has 1 heterocycles. The first-order chi connectivity index (χ1) is 12.7. The van der Waals surface area contributed by atoms with Crippen molar-refractivity contribution in [2.45, 2.75) is 36.1 Å². The predicted molar refractivity (Wildman–Crippen MR) is 104 cm³/mol. The van der Waals surface area contributed by atoms with Gasteiger partial charge in [0, 0.05) is 32.2 Å². The van der Waals surface area contributed by atoms with Crippen molar-refractivity contribution >= 4 is 20.0 Å². The zero-order valence-electron chi connectivity index (χ0n) is 16.1. The molecular weight excluding hydrogens is 390 g/mol. The molecule has 1 N–H and O–H groups in total. The van der Waals surface area contributed by atoms with E-state index < -0.39 is 20.0 Å². The molecule has 0 spiro atoms. The molecule has 0 bridgehead atoms. The molecule has 1 atom stereocenters. The minimum absolute atomic E-state index is 0.0506. The minimum Gasteiger partial charge on any atom is -0.379 e. The van der Waals surface area contributed by atoms with E-state index in [1.54, 1.807) is 0 Å². The van der Waals surface area contributed by atoms with Crippen LogP contribution in [0.4, 0.5) is 0 Å². The summed E-state index contributed by atoms with van der Waals surface area (Å²) >= 11 is 0. The average Bonchev–Trinajstić information content (AvgIpc) is 2.67. The number of hydrogen-bond donors (Lipinski definition) is 1. The molecule has 27 heavy (non-hydrogen) atoms. The van der Waals surface area contributed by atoms with E-state index in [1.165, 1.54) is 28.6 Å². The average molecular weight is 420 g/mol. The van der Waals surface area contributed by atoms with Crippen LogP contribution in [-0.2, 0) is 24.8 Å². The van der Waals surface area contributed by atoms with E-state index in [0.29, 0.717) is 38.9 Å². The van der Waals surface area contributed by atoms with Crippen LogP contribution in [0.5, 0.6) is 0 Å².